The molecule has 0 saturated carbocycles. The number of ether oxygens (including phenoxy) is 1. The molecule has 6 nitrogen and oxygen atoms in total. The lowest BCUT2D eigenvalue weighted by atomic mass is 10.2. The maximum atomic E-state index is 12.3. The van der Waals surface area contributed by atoms with E-state index in [1.807, 2.05) is 30.3 Å². The van der Waals surface area contributed by atoms with Gasteiger partial charge in [0.05, 0.1) is 16.3 Å². The summed E-state index contributed by atoms with van der Waals surface area (Å²) in [7, 11) is 0. The van der Waals surface area contributed by atoms with Crippen LogP contribution in [0.3, 0.4) is 0 Å². The monoisotopic (exact) mass is 385 g/mol. The Hall–Kier alpha value is -2.90. The fourth-order valence-electron chi connectivity index (χ4n) is 2.28. The second-order valence-electron chi connectivity index (χ2n) is 5.39. The van der Waals surface area contributed by atoms with Crippen LogP contribution in [-0.2, 0) is 6.61 Å². The topological polar surface area (TPSA) is 77.2 Å². The third-order valence-corrected chi connectivity index (χ3v) is 4.68. The first-order valence-electron chi connectivity index (χ1n) is 7.68. The number of fused-ring (bicyclic) bond motifs is 1. The molecule has 2 heterocycles. The molecule has 0 fully saturated rings. The van der Waals surface area contributed by atoms with Crippen LogP contribution in [0.5, 0.6) is 5.88 Å². The van der Waals surface area contributed by atoms with E-state index in [0.29, 0.717) is 16.8 Å². The van der Waals surface area contributed by atoms with Crippen LogP contribution < -0.4 is 10.1 Å². The van der Waals surface area contributed by atoms with Gasteiger partial charge in [0.25, 0.3) is 11.8 Å². The first-order valence-corrected chi connectivity index (χ1v) is 8.88. The van der Waals surface area contributed by atoms with Crippen LogP contribution in [0, 0.1) is 0 Å². The Morgan fingerprint density at radius 1 is 1.19 bits per heavy atom. The van der Waals surface area contributed by atoms with Gasteiger partial charge in [0.15, 0.2) is 5.13 Å². The van der Waals surface area contributed by atoms with Crippen molar-refractivity contribution < 1.29 is 14.1 Å². The van der Waals surface area contributed by atoms with Gasteiger partial charge in [-0.3, -0.25) is 10.1 Å². The number of rotatable bonds is 5. The normalized spacial score (nSPS) is 10.8. The molecule has 2 aromatic carbocycles. The highest BCUT2D eigenvalue weighted by molar-refractivity contribution is 7.22. The zero-order valence-corrected chi connectivity index (χ0v) is 14.9. The summed E-state index contributed by atoms with van der Waals surface area (Å²) in [5, 5.41) is 7.52. The zero-order chi connectivity index (χ0) is 17.9. The minimum Gasteiger partial charge on any atom is -0.471 e. The van der Waals surface area contributed by atoms with Crippen molar-refractivity contribution in [2.45, 2.75) is 6.61 Å². The van der Waals surface area contributed by atoms with Gasteiger partial charge in [-0.1, -0.05) is 53.3 Å². The van der Waals surface area contributed by atoms with Gasteiger partial charge in [-0.05, 0) is 28.9 Å². The van der Waals surface area contributed by atoms with E-state index in [1.54, 1.807) is 18.2 Å². The Bertz CT molecular complexity index is 1060. The van der Waals surface area contributed by atoms with Gasteiger partial charge >= 0.3 is 0 Å². The summed E-state index contributed by atoms with van der Waals surface area (Å²) in [6, 6.07) is 16.4. The molecule has 0 unspecified atom stereocenters. The van der Waals surface area contributed by atoms with Crippen LogP contribution in [0.2, 0.25) is 5.02 Å². The molecule has 0 spiro atoms. The van der Waals surface area contributed by atoms with Crippen LogP contribution in [0.4, 0.5) is 5.13 Å². The summed E-state index contributed by atoms with van der Waals surface area (Å²) >= 11 is 7.29. The Balaban J connectivity index is 1.42. The van der Waals surface area contributed by atoms with Crippen molar-refractivity contribution >= 4 is 44.2 Å². The molecule has 1 amide bonds. The number of hydrogen-bond acceptors (Lipinski definition) is 6. The predicted molar refractivity (Wildman–Crippen MR) is 99.9 cm³/mol. The van der Waals surface area contributed by atoms with Gasteiger partial charge in [-0.15, -0.1) is 0 Å². The predicted octanol–water partition coefficient (Wildman–Crippen LogP) is 4.77. The molecule has 0 bridgehead atoms. The van der Waals surface area contributed by atoms with Crippen molar-refractivity contribution in [1.82, 2.24) is 10.1 Å². The zero-order valence-electron chi connectivity index (χ0n) is 13.3. The molecule has 0 saturated heterocycles. The molecule has 0 atom stereocenters. The first kappa shape index (κ1) is 16.6. The van der Waals surface area contributed by atoms with E-state index in [-0.39, 0.29) is 11.6 Å². The van der Waals surface area contributed by atoms with Gasteiger partial charge in [0.2, 0.25) is 5.76 Å². The van der Waals surface area contributed by atoms with E-state index in [9.17, 15) is 4.79 Å². The van der Waals surface area contributed by atoms with Gasteiger partial charge in [-0.2, -0.15) is 0 Å². The number of benzene rings is 2. The number of amides is 1. The summed E-state index contributed by atoms with van der Waals surface area (Å²) in [6.45, 7) is 0.340. The number of halogens is 1. The molecular formula is C18H12ClN3O3S. The van der Waals surface area contributed by atoms with E-state index in [1.165, 1.54) is 17.4 Å². The van der Waals surface area contributed by atoms with Crippen molar-refractivity contribution in [3.8, 4) is 5.88 Å². The van der Waals surface area contributed by atoms with E-state index in [2.05, 4.69) is 15.5 Å². The highest BCUT2D eigenvalue weighted by atomic mass is 35.5. The average Bonchev–Trinajstić information content (AvgIpc) is 3.27. The molecule has 2 aromatic heterocycles. The van der Waals surface area contributed by atoms with Crippen LogP contribution >= 0.6 is 22.9 Å². The maximum Gasteiger partial charge on any atom is 0.296 e. The Morgan fingerprint density at radius 3 is 2.88 bits per heavy atom. The molecule has 130 valence electrons. The summed E-state index contributed by atoms with van der Waals surface area (Å²) < 4.78 is 11.5. The first-order chi connectivity index (χ1) is 12.7. The minimum absolute atomic E-state index is 0.0466. The number of nitrogens with one attached hydrogen (secondary N) is 1. The largest absolute Gasteiger partial charge is 0.471 e. The number of nitrogens with zero attached hydrogens (tertiary/aromatic N) is 2. The average molecular weight is 386 g/mol. The lowest BCUT2D eigenvalue weighted by Crippen LogP contribution is -2.10. The van der Waals surface area contributed by atoms with Crippen LogP contribution in [-0.4, -0.2) is 16.0 Å². The van der Waals surface area contributed by atoms with Gasteiger partial charge in [0.1, 0.15) is 6.61 Å². The standard InChI is InChI=1S/C18H12ClN3O3S/c19-12-6-7-13-15(8-12)26-18(20-13)21-17(23)14-9-16(22-25-14)24-10-11-4-2-1-3-5-11/h1-9H,10H2,(H,20,21,23). The lowest BCUT2D eigenvalue weighted by molar-refractivity contribution is 0.0987. The number of hydrogen-bond donors (Lipinski definition) is 1. The fraction of sp³-hybridized carbons (Fsp3) is 0.0556. The van der Waals surface area contributed by atoms with Crippen molar-refractivity contribution in [3.63, 3.8) is 0 Å². The smallest absolute Gasteiger partial charge is 0.296 e. The maximum absolute atomic E-state index is 12.3. The number of anilines is 1. The van der Waals surface area contributed by atoms with Crippen molar-refractivity contribution in [2.75, 3.05) is 5.32 Å². The number of thiazole rings is 1. The van der Waals surface area contributed by atoms with Crippen LogP contribution in [0.15, 0.2) is 59.1 Å². The molecular weight excluding hydrogens is 374 g/mol. The molecule has 4 rings (SSSR count). The molecule has 26 heavy (non-hydrogen) atoms. The van der Waals surface area contributed by atoms with Crippen molar-refractivity contribution in [2.24, 2.45) is 0 Å². The third-order valence-electron chi connectivity index (χ3n) is 3.51. The Kier molecular flexibility index (Phi) is 4.55. The van der Waals surface area contributed by atoms with Crippen molar-refractivity contribution in [1.29, 1.82) is 0 Å². The van der Waals surface area contributed by atoms with E-state index in [4.69, 9.17) is 20.9 Å². The number of carbonyl (C=O) groups excluding carboxylic acids is 1. The number of carbonyl (C=O) groups is 1. The molecule has 0 aliphatic heterocycles. The van der Waals surface area contributed by atoms with E-state index >= 15 is 0 Å². The van der Waals surface area contributed by atoms with Gasteiger partial charge in [0, 0.05) is 5.02 Å². The summed E-state index contributed by atoms with van der Waals surface area (Å²) in [4.78, 5) is 16.6. The second-order valence-corrected chi connectivity index (χ2v) is 6.86. The van der Waals surface area contributed by atoms with Crippen LogP contribution in [0.25, 0.3) is 10.2 Å². The van der Waals surface area contributed by atoms with Gasteiger partial charge < -0.3 is 9.26 Å². The van der Waals surface area contributed by atoms with Crippen LogP contribution in [0.1, 0.15) is 16.1 Å². The van der Waals surface area contributed by atoms with E-state index < -0.39 is 5.91 Å². The van der Waals surface area contributed by atoms with E-state index in [0.717, 1.165) is 15.8 Å². The summed E-state index contributed by atoms with van der Waals surface area (Å²) in [5.41, 5.74) is 1.76. The summed E-state index contributed by atoms with van der Waals surface area (Å²) in [6.07, 6.45) is 0. The molecule has 0 aliphatic rings. The Morgan fingerprint density at radius 2 is 2.04 bits per heavy atom. The quantitative estimate of drug-likeness (QED) is 0.535. The van der Waals surface area contributed by atoms with Crippen molar-refractivity contribution in [3.05, 3.63) is 70.9 Å². The highest BCUT2D eigenvalue weighted by Gasteiger charge is 2.16. The minimum atomic E-state index is -0.447. The molecule has 8 heteroatoms. The molecule has 1 N–H and O–H groups in total. The lowest BCUT2D eigenvalue weighted by Gasteiger charge is -2.00. The number of aromatic nitrogens is 2. The molecule has 0 radical (unpaired) electrons. The second kappa shape index (κ2) is 7.15. The Labute approximate surface area is 157 Å². The SMILES string of the molecule is O=C(Nc1nc2ccc(Cl)cc2s1)c1cc(OCc2ccccc2)no1. The molecule has 0 aliphatic carbocycles. The molecule has 4 aromatic rings. The highest BCUT2D eigenvalue weighted by Crippen LogP contribution is 2.28. The summed E-state index contributed by atoms with van der Waals surface area (Å²) in [5.74, 6) is -0.155. The van der Waals surface area contributed by atoms with Gasteiger partial charge in [-0.25, -0.2) is 4.98 Å². The fourth-order valence-corrected chi connectivity index (χ4v) is 3.41. The third kappa shape index (κ3) is 3.68.